The second kappa shape index (κ2) is 3.92. The average molecular weight is 170 g/mol. The number of phenolic OH excluding ortho intramolecular Hbond substituents is 2. The molecule has 3 N–H and O–H groups in total. The lowest BCUT2D eigenvalue weighted by atomic mass is 10.1. The van der Waals surface area contributed by atoms with E-state index < -0.39 is 0 Å². The Morgan fingerprint density at radius 1 is 1.25 bits per heavy atom. The SMILES string of the molecule is Oc1ccc(CCN[18F])cc1O. The third-order valence-electron chi connectivity index (χ3n) is 1.55. The Hall–Kier alpha value is -1.29. The number of rotatable bonds is 3. The Kier molecular flexibility index (Phi) is 2.88. The Morgan fingerprint density at radius 2 is 2.00 bits per heavy atom. The molecule has 66 valence electrons. The van der Waals surface area contributed by atoms with Gasteiger partial charge in [0, 0.05) is 6.54 Å². The van der Waals surface area contributed by atoms with Crippen LogP contribution >= 0.6 is 0 Å². The average Bonchev–Trinajstić information content (AvgIpc) is 2.07. The molecule has 1 aromatic rings. The van der Waals surface area contributed by atoms with Gasteiger partial charge in [-0.05, 0) is 24.1 Å². The van der Waals surface area contributed by atoms with Gasteiger partial charge in [-0.25, -0.2) is 0 Å². The number of phenols is 2. The maximum atomic E-state index is 11.5. The van der Waals surface area contributed by atoms with E-state index in [1.807, 2.05) is 0 Å². The monoisotopic (exact) mass is 170 g/mol. The zero-order valence-electron chi connectivity index (χ0n) is 6.42. The van der Waals surface area contributed by atoms with E-state index in [0.717, 1.165) is 5.56 Å². The number of hydrogen-bond acceptors (Lipinski definition) is 3. The van der Waals surface area contributed by atoms with Crippen LogP contribution in [0, 0.1) is 0 Å². The van der Waals surface area contributed by atoms with Crippen molar-refractivity contribution < 1.29 is 14.7 Å². The smallest absolute Gasteiger partial charge is 0.157 e. The van der Waals surface area contributed by atoms with Gasteiger partial charge in [-0.2, -0.15) is 5.54 Å². The van der Waals surface area contributed by atoms with Gasteiger partial charge >= 0.3 is 0 Å². The van der Waals surface area contributed by atoms with Crippen molar-refractivity contribution in [1.82, 2.24) is 5.54 Å². The van der Waals surface area contributed by atoms with E-state index in [9.17, 15) is 4.48 Å². The second-order valence-electron chi connectivity index (χ2n) is 2.46. The largest absolute Gasteiger partial charge is 0.504 e. The van der Waals surface area contributed by atoms with Crippen LogP contribution in [0.25, 0.3) is 0 Å². The fourth-order valence-electron chi connectivity index (χ4n) is 0.916. The molecule has 0 amide bonds. The maximum Gasteiger partial charge on any atom is 0.157 e. The lowest BCUT2D eigenvalue weighted by Gasteiger charge is -2.01. The Bertz CT molecular complexity index is 265. The standard InChI is InChI=1S/C8H10FNO2/c9-10-4-3-6-1-2-7(11)8(12)5-6/h1-2,5,10-12H,3-4H2/i9-1. The highest BCUT2D eigenvalue weighted by atomic mass is 18.2. The van der Waals surface area contributed by atoms with E-state index in [-0.39, 0.29) is 18.0 Å². The van der Waals surface area contributed by atoms with Crippen molar-refractivity contribution >= 4 is 0 Å². The van der Waals surface area contributed by atoms with E-state index in [1.54, 1.807) is 6.07 Å². The zero-order chi connectivity index (χ0) is 8.97. The molecule has 0 fully saturated rings. The normalized spacial score (nSPS) is 10.1. The molecule has 0 aliphatic rings. The highest BCUT2D eigenvalue weighted by Gasteiger charge is 1.99. The van der Waals surface area contributed by atoms with Crippen molar-refractivity contribution in [2.45, 2.75) is 6.42 Å². The van der Waals surface area contributed by atoms with Crippen LogP contribution in [0.4, 0.5) is 4.48 Å². The van der Waals surface area contributed by atoms with Gasteiger partial charge in [0.25, 0.3) is 0 Å². The van der Waals surface area contributed by atoms with Gasteiger partial charge in [0.15, 0.2) is 11.5 Å². The predicted molar refractivity (Wildman–Crippen MR) is 42.6 cm³/mol. The minimum Gasteiger partial charge on any atom is -0.504 e. The van der Waals surface area contributed by atoms with E-state index >= 15 is 0 Å². The fourth-order valence-corrected chi connectivity index (χ4v) is 0.916. The summed E-state index contributed by atoms with van der Waals surface area (Å²) in [5.41, 5.74) is 2.28. The van der Waals surface area contributed by atoms with Crippen LogP contribution in [0.3, 0.4) is 0 Å². The summed E-state index contributed by atoms with van der Waals surface area (Å²) in [6.45, 7) is 0.199. The Balaban J connectivity index is 2.69. The minimum atomic E-state index is -0.175. The zero-order valence-corrected chi connectivity index (χ0v) is 6.42. The molecule has 0 bridgehead atoms. The molecular weight excluding hydrogens is 160 g/mol. The van der Waals surface area contributed by atoms with Gasteiger partial charge in [-0.15, -0.1) is 4.48 Å². The molecule has 1 rings (SSSR count). The van der Waals surface area contributed by atoms with E-state index in [4.69, 9.17) is 10.2 Å². The van der Waals surface area contributed by atoms with Gasteiger partial charge in [-0.3, -0.25) is 0 Å². The summed E-state index contributed by atoms with van der Waals surface area (Å²) < 4.78 is 11.5. The summed E-state index contributed by atoms with van der Waals surface area (Å²) in [7, 11) is 0. The van der Waals surface area contributed by atoms with Gasteiger partial charge in [0.2, 0.25) is 0 Å². The quantitative estimate of drug-likeness (QED) is 0.470. The van der Waals surface area contributed by atoms with Crippen LogP contribution in [0.1, 0.15) is 5.56 Å². The van der Waals surface area contributed by atoms with Crippen LogP contribution in [0.5, 0.6) is 11.5 Å². The van der Waals surface area contributed by atoms with Crippen LogP contribution in [-0.2, 0) is 6.42 Å². The fraction of sp³-hybridized carbons (Fsp3) is 0.250. The summed E-state index contributed by atoms with van der Waals surface area (Å²) in [5, 5.41) is 18.0. The summed E-state index contributed by atoms with van der Waals surface area (Å²) in [6.07, 6.45) is 0.477. The molecular formula is C8H10FNO2. The van der Waals surface area contributed by atoms with Crippen LogP contribution in [0.15, 0.2) is 18.2 Å². The van der Waals surface area contributed by atoms with Gasteiger partial charge in [-0.1, -0.05) is 6.07 Å². The van der Waals surface area contributed by atoms with E-state index in [1.165, 1.54) is 17.7 Å². The molecule has 3 nitrogen and oxygen atoms in total. The first kappa shape index (κ1) is 8.80. The van der Waals surface area contributed by atoms with Crippen LogP contribution in [0.2, 0.25) is 0 Å². The molecule has 0 radical (unpaired) electrons. The van der Waals surface area contributed by atoms with Gasteiger partial charge in [0.05, 0.1) is 0 Å². The van der Waals surface area contributed by atoms with Crippen LogP contribution in [-0.4, -0.2) is 16.8 Å². The second-order valence-corrected chi connectivity index (χ2v) is 2.46. The first-order valence-corrected chi connectivity index (χ1v) is 3.58. The molecule has 1 aromatic carbocycles. The van der Waals surface area contributed by atoms with Crippen molar-refractivity contribution in [1.29, 1.82) is 0 Å². The lowest BCUT2D eigenvalue weighted by molar-refractivity contribution is 0.337. The number of hydrogen-bond donors (Lipinski definition) is 3. The van der Waals surface area contributed by atoms with Crippen molar-refractivity contribution in [3.05, 3.63) is 23.8 Å². The van der Waals surface area contributed by atoms with Crippen molar-refractivity contribution in [2.75, 3.05) is 6.54 Å². The molecule has 0 saturated heterocycles. The molecule has 0 spiro atoms. The third kappa shape index (κ3) is 2.10. The summed E-state index contributed by atoms with van der Waals surface area (Å²) in [6, 6.07) is 4.42. The van der Waals surface area contributed by atoms with Crippen LogP contribution < -0.4 is 5.54 Å². The first-order valence-electron chi connectivity index (χ1n) is 3.58. The van der Waals surface area contributed by atoms with E-state index in [0.29, 0.717) is 6.42 Å². The number of benzene rings is 1. The molecule has 0 aliphatic heterocycles. The van der Waals surface area contributed by atoms with Gasteiger partial charge in [0.1, 0.15) is 0 Å². The number of halogens is 1. The molecule has 12 heavy (non-hydrogen) atoms. The molecule has 0 heterocycles. The topological polar surface area (TPSA) is 52.5 Å². The summed E-state index contributed by atoms with van der Waals surface area (Å²) in [5.74, 6) is -0.335. The van der Waals surface area contributed by atoms with Crippen molar-refractivity contribution in [2.24, 2.45) is 0 Å². The lowest BCUT2D eigenvalue weighted by Crippen LogP contribution is -2.05. The Morgan fingerprint density at radius 3 is 2.58 bits per heavy atom. The summed E-state index contributed by atoms with van der Waals surface area (Å²) >= 11 is 0. The maximum absolute atomic E-state index is 11.5. The molecule has 4 heteroatoms. The minimum absolute atomic E-state index is 0.160. The highest BCUT2D eigenvalue weighted by Crippen LogP contribution is 2.24. The highest BCUT2D eigenvalue weighted by molar-refractivity contribution is 5.40. The molecule has 0 unspecified atom stereocenters. The molecule has 0 aliphatic carbocycles. The summed E-state index contributed by atoms with van der Waals surface area (Å²) in [4.78, 5) is 0. The third-order valence-corrected chi connectivity index (χ3v) is 1.55. The van der Waals surface area contributed by atoms with Crippen molar-refractivity contribution in [3.8, 4) is 11.5 Å². The number of nitrogens with one attached hydrogen (secondary N) is 1. The predicted octanol–water partition coefficient (Wildman–Crippen LogP) is 1.11. The molecule has 0 aromatic heterocycles. The van der Waals surface area contributed by atoms with Crippen molar-refractivity contribution in [3.63, 3.8) is 0 Å². The van der Waals surface area contributed by atoms with Gasteiger partial charge < -0.3 is 10.2 Å². The van der Waals surface area contributed by atoms with E-state index in [2.05, 4.69) is 0 Å². The first-order chi connectivity index (χ1) is 5.74. The molecule has 0 saturated carbocycles. The Labute approximate surface area is 69.4 Å². The number of aromatic hydroxyl groups is 2. The molecule has 0 atom stereocenters.